The van der Waals surface area contributed by atoms with Gasteiger partial charge in [0.2, 0.25) is 0 Å². The molecule has 0 unspecified atom stereocenters. The summed E-state index contributed by atoms with van der Waals surface area (Å²) in [6, 6.07) is 9.69. The summed E-state index contributed by atoms with van der Waals surface area (Å²) in [5, 5.41) is 12.0. The smallest absolute Gasteiger partial charge is 0.337 e. The minimum atomic E-state index is -1.11. The van der Waals surface area contributed by atoms with E-state index in [1.54, 1.807) is 24.3 Å². The van der Waals surface area contributed by atoms with E-state index in [1.165, 1.54) is 12.1 Å². The molecule has 0 saturated heterocycles. The average Bonchev–Trinajstić information content (AvgIpc) is 2.50. The van der Waals surface area contributed by atoms with Crippen molar-refractivity contribution >= 4 is 29.2 Å². The third-order valence-corrected chi connectivity index (χ3v) is 3.63. The summed E-state index contributed by atoms with van der Waals surface area (Å²) in [6.07, 6.45) is 0. The first-order valence-electron chi connectivity index (χ1n) is 6.90. The van der Waals surface area contributed by atoms with Crippen LogP contribution in [0.15, 0.2) is 36.4 Å². The van der Waals surface area contributed by atoms with Gasteiger partial charge < -0.3 is 15.2 Å². The molecule has 0 heterocycles. The summed E-state index contributed by atoms with van der Waals surface area (Å²) in [7, 11) is 0. The monoisotopic (exact) mass is 333 g/mol. The first-order chi connectivity index (χ1) is 10.9. The predicted molar refractivity (Wildman–Crippen MR) is 88.5 cm³/mol. The van der Waals surface area contributed by atoms with E-state index >= 15 is 0 Å². The summed E-state index contributed by atoms with van der Waals surface area (Å²) < 4.78 is 5.42. The second-order valence-electron chi connectivity index (χ2n) is 5.05. The Morgan fingerprint density at radius 2 is 1.83 bits per heavy atom. The molecule has 0 atom stereocenters. The fraction of sp³-hybridized carbons (Fsp3) is 0.176. The summed E-state index contributed by atoms with van der Waals surface area (Å²) in [4.78, 5) is 23.0. The zero-order valence-electron chi connectivity index (χ0n) is 12.7. The van der Waals surface area contributed by atoms with Crippen molar-refractivity contribution in [1.29, 1.82) is 0 Å². The van der Waals surface area contributed by atoms with Crippen molar-refractivity contribution in [3.63, 3.8) is 0 Å². The predicted octanol–water partition coefficient (Wildman–Crippen LogP) is 3.67. The first kappa shape index (κ1) is 16.8. The summed E-state index contributed by atoms with van der Waals surface area (Å²) >= 11 is 6.08. The number of para-hydroxylation sites is 1. The molecule has 2 aromatic carbocycles. The topological polar surface area (TPSA) is 75.6 Å². The second kappa shape index (κ2) is 7.15. The van der Waals surface area contributed by atoms with Crippen LogP contribution in [0.3, 0.4) is 0 Å². The largest absolute Gasteiger partial charge is 0.482 e. The van der Waals surface area contributed by atoms with Crippen LogP contribution in [0.25, 0.3) is 0 Å². The molecule has 0 aliphatic heterocycles. The highest BCUT2D eigenvalue weighted by molar-refractivity contribution is 6.32. The van der Waals surface area contributed by atoms with Crippen LogP contribution in [0.4, 0.5) is 5.69 Å². The average molecular weight is 334 g/mol. The Kier molecular flexibility index (Phi) is 5.24. The van der Waals surface area contributed by atoms with Crippen molar-refractivity contribution < 1.29 is 19.4 Å². The van der Waals surface area contributed by atoms with Gasteiger partial charge in [-0.1, -0.05) is 23.7 Å². The Morgan fingerprint density at radius 3 is 2.52 bits per heavy atom. The third-order valence-electron chi connectivity index (χ3n) is 3.34. The maximum absolute atomic E-state index is 12.0. The number of carbonyl (C=O) groups excluding carboxylic acids is 1. The van der Waals surface area contributed by atoms with Gasteiger partial charge in [0, 0.05) is 0 Å². The number of ether oxygens (including phenoxy) is 1. The molecule has 0 radical (unpaired) electrons. The van der Waals surface area contributed by atoms with E-state index in [9.17, 15) is 9.59 Å². The van der Waals surface area contributed by atoms with Crippen LogP contribution in [0.2, 0.25) is 5.02 Å². The molecule has 2 aromatic rings. The molecule has 1 amide bonds. The third kappa shape index (κ3) is 4.23. The number of carboxylic acid groups (broad SMARTS) is 1. The Morgan fingerprint density at radius 1 is 1.17 bits per heavy atom. The van der Waals surface area contributed by atoms with E-state index in [0.717, 1.165) is 11.1 Å². The first-order valence-corrected chi connectivity index (χ1v) is 7.28. The molecular weight excluding hydrogens is 318 g/mol. The zero-order valence-corrected chi connectivity index (χ0v) is 13.5. The SMILES string of the molecule is Cc1cc(Cl)c(OCC(=O)Nc2ccccc2C(=O)O)cc1C. The highest BCUT2D eigenvalue weighted by Crippen LogP contribution is 2.27. The lowest BCUT2D eigenvalue weighted by Gasteiger charge is -2.12. The molecule has 0 fully saturated rings. The number of carboxylic acids is 1. The van der Waals surface area contributed by atoms with E-state index in [1.807, 2.05) is 13.8 Å². The summed E-state index contributed by atoms with van der Waals surface area (Å²) in [5.41, 5.74) is 2.27. The molecular formula is C17H16ClNO4. The number of nitrogens with one attached hydrogen (secondary N) is 1. The van der Waals surface area contributed by atoms with Crippen molar-refractivity contribution in [1.82, 2.24) is 0 Å². The lowest BCUT2D eigenvalue weighted by molar-refractivity contribution is -0.118. The number of benzene rings is 2. The van der Waals surface area contributed by atoms with E-state index in [0.29, 0.717) is 10.8 Å². The van der Waals surface area contributed by atoms with Gasteiger partial charge in [-0.25, -0.2) is 4.79 Å². The van der Waals surface area contributed by atoms with Gasteiger partial charge in [0.15, 0.2) is 6.61 Å². The molecule has 0 aromatic heterocycles. The van der Waals surface area contributed by atoms with Gasteiger partial charge in [-0.2, -0.15) is 0 Å². The number of aromatic carboxylic acids is 1. The van der Waals surface area contributed by atoms with Crippen LogP contribution in [-0.4, -0.2) is 23.6 Å². The van der Waals surface area contributed by atoms with Crippen LogP contribution >= 0.6 is 11.6 Å². The van der Waals surface area contributed by atoms with Crippen molar-refractivity contribution in [3.05, 3.63) is 58.1 Å². The minimum absolute atomic E-state index is 0.0186. The fourth-order valence-corrected chi connectivity index (χ4v) is 2.25. The van der Waals surface area contributed by atoms with Gasteiger partial charge in [0.25, 0.3) is 5.91 Å². The summed E-state index contributed by atoms with van der Waals surface area (Å²) in [6.45, 7) is 3.58. The molecule has 0 saturated carbocycles. The molecule has 2 N–H and O–H groups in total. The molecule has 5 nitrogen and oxygen atoms in total. The second-order valence-corrected chi connectivity index (χ2v) is 5.46. The maximum atomic E-state index is 12.0. The number of hydrogen-bond donors (Lipinski definition) is 2. The molecule has 6 heteroatoms. The molecule has 2 rings (SSSR count). The van der Waals surface area contributed by atoms with Crippen LogP contribution < -0.4 is 10.1 Å². The number of anilines is 1. The van der Waals surface area contributed by atoms with Gasteiger partial charge >= 0.3 is 5.97 Å². The highest BCUT2D eigenvalue weighted by atomic mass is 35.5. The summed E-state index contributed by atoms with van der Waals surface area (Å²) in [5.74, 6) is -1.16. The normalized spacial score (nSPS) is 10.2. The Balaban J connectivity index is 2.04. The quantitative estimate of drug-likeness (QED) is 0.875. The lowest BCUT2D eigenvalue weighted by Crippen LogP contribution is -2.21. The molecule has 0 aliphatic rings. The van der Waals surface area contributed by atoms with E-state index in [2.05, 4.69) is 5.32 Å². The van der Waals surface area contributed by atoms with Gasteiger partial charge in [0.05, 0.1) is 16.3 Å². The van der Waals surface area contributed by atoms with Gasteiger partial charge in [-0.3, -0.25) is 4.79 Å². The zero-order chi connectivity index (χ0) is 17.0. The van der Waals surface area contributed by atoms with Gasteiger partial charge in [-0.05, 0) is 49.2 Å². The van der Waals surface area contributed by atoms with Gasteiger partial charge in [0.1, 0.15) is 5.75 Å². The number of carbonyl (C=O) groups is 2. The van der Waals surface area contributed by atoms with Crippen molar-refractivity contribution in [2.75, 3.05) is 11.9 Å². The molecule has 0 bridgehead atoms. The fourth-order valence-electron chi connectivity index (χ4n) is 1.97. The number of amides is 1. The van der Waals surface area contributed by atoms with Crippen molar-refractivity contribution in [3.8, 4) is 5.75 Å². The van der Waals surface area contributed by atoms with Gasteiger partial charge in [-0.15, -0.1) is 0 Å². The molecule has 0 aliphatic carbocycles. The van der Waals surface area contributed by atoms with Crippen molar-refractivity contribution in [2.24, 2.45) is 0 Å². The number of rotatable bonds is 5. The van der Waals surface area contributed by atoms with Crippen molar-refractivity contribution in [2.45, 2.75) is 13.8 Å². The van der Waals surface area contributed by atoms with Crippen LogP contribution in [0, 0.1) is 13.8 Å². The molecule has 23 heavy (non-hydrogen) atoms. The van der Waals surface area contributed by atoms with E-state index < -0.39 is 11.9 Å². The van der Waals surface area contributed by atoms with E-state index in [-0.39, 0.29) is 17.9 Å². The maximum Gasteiger partial charge on any atom is 0.337 e. The minimum Gasteiger partial charge on any atom is -0.482 e. The van der Waals surface area contributed by atoms with Crippen LogP contribution in [0.5, 0.6) is 5.75 Å². The Labute approximate surface area is 138 Å². The lowest BCUT2D eigenvalue weighted by atomic mass is 10.1. The van der Waals surface area contributed by atoms with Crippen LogP contribution in [0.1, 0.15) is 21.5 Å². The van der Waals surface area contributed by atoms with Crippen LogP contribution in [-0.2, 0) is 4.79 Å². The highest BCUT2D eigenvalue weighted by Gasteiger charge is 2.13. The number of halogens is 1. The standard InChI is InChI=1S/C17H16ClNO4/c1-10-7-13(18)15(8-11(10)2)23-9-16(20)19-14-6-4-3-5-12(14)17(21)22/h3-8H,9H2,1-2H3,(H,19,20)(H,21,22). The Hall–Kier alpha value is -2.53. The molecule has 120 valence electrons. The number of hydrogen-bond acceptors (Lipinski definition) is 3. The number of aryl methyl sites for hydroxylation is 2. The van der Waals surface area contributed by atoms with E-state index in [4.69, 9.17) is 21.4 Å². The molecule has 0 spiro atoms. The Bertz CT molecular complexity index is 758.